The van der Waals surface area contributed by atoms with Crippen molar-refractivity contribution in [1.29, 1.82) is 0 Å². The minimum absolute atomic E-state index is 0. The van der Waals surface area contributed by atoms with Crippen LogP contribution in [0.1, 0.15) is 5.76 Å². The standard InChI is InChI=1S/C17H14N3O3.C5H5.Fe/c21-20(22)17-10-9-16(23-17)12-19-15-7-5-14(6-8-15)18-11-13-3-1-2-4-13;1-2-4-5-3-1;/h1-10,12,18H,11H2;1-5H;/q;;+2. The van der Waals surface area contributed by atoms with Gasteiger partial charge in [0.25, 0.3) is 0 Å². The molecule has 2 aromatic rings. The third-order valence-corrected chi connectivity index (χ3v) is 3.78. The first kappa shape index (κ1) is 23.2. The number of nitro groups is 1. The molecule has 0 spiro atoms. The van der Waals surface area contributed by atoms with Gasteiger partial charge in [-0.25, -0.2) is 0 Å². The van der Waals surface area contributed by atoms with Crippen molar-refractivity contribution in [2.24, 2.45) is 4.99 Å². The number of aliphatic imine (C=N–C) groups is 1. The fourth-order valence-corrected chi connectivity index (χ4v) is 2.37. The fraction of sp³-hybridized carbons (Fsp3) is 0.0455. The normalized spacial score (nSPS) is 16.3. The number of rotatable bonds is 6. The van der Waals surface area contributed by atoms with Gasteiger partial charge in [-0.3, -0.25) is 15.1 Å². The molecule has 0 amide bonds. The molecule has 146 valence electrons. The molecule has 0 unspecified atom stereocenters. The second-order valence-corrected chi connectivity index (χ2v) is 5.85. The monoisotopic (exact) mass is 429 g/mol. The van der Waals surface area contributed by atoms with E-state index in [-0.39, 0.29) is 23.0 Å². The molecule has 0 bridgehead atoms. The summed E-state index contributed by atoms with van der Waals surface area (Å²) in [5.41, 5.74) is 1.74. The van der Waals surface area contributed by atoms with Crippen LogP contribution in [0.15, 0.2) is 45.8 Å². The molecular formula is C22H19FeN3O3+2. The summed E-state index contributed by atoms with van der Waals surface area (Å²) in [6, 6.07) is 10.4. The van der Waals surface area contributed by atoms with Gasteiger partial charge in [-0.1, -0.05) is 0 Å². The molecule has 2 saturated carbocycles. The van der Waals surface area contributed by atoms with Crippen LogP contribution in [-0.2, 0) is 17.1 Å². The Hall–Kier alpha value is -2.11. The van der Waals surface area contributed by atoms with E-state index in [9.17, 15) is 10.1 Å². The van der Waals surface area contributed by atoms with Gasteiger partial charge in [-0.15, -0.1) is 0 Å². The summed E-state index contributed by atoms with van der Waals surface area (Å²) in [4.78, 5) is 14.2. The minimum atomic E-state index is -0.579. The van der Waals surface area contributed by atoms with Crippen LogP contribution in [0, 0.1) is 73.8 Å². The average Bonchev–Trinajstić information content (AvgIpc) is 3.50. The number of nitrogens with zero attached hydrogens (tertiary/aromatic N) is 2. The number of hydrogen-bond acceptors (Lipinski definition) is 5. The molecule has 1 heterocycles. The quantitative estimate of drug-likeness (QED) is 0.310. The van der Waals surface area contributed by atoms with Gasteiger partial charge in [-0.05, 0) is 88.1 Å². The Morgan fingerprint density at radius 3 is 2.10 bits per heavy atom. The average molecular weight is 429 g/mol. The summed E-state index contributed by atoms with van der Waals surface area (Å²) in [5.74, 6) is 1.28. The maximum atomic E-state index is 10.5. The van der Waals surface area contributed by atoms with Gasteiger partial charge < -0.3 is 9.73 Å². The molecule has 0 aliphatic heterocycles. The van der Waals surface area contributed by atoms with E-state index in [1.165, 1.54) is 24.3 Å². The van der Waals surface area contributed by atoms with E-state index < -0.39 is 4.92 Å². The topological polar surface area (TPSA) is 80.7 Å². The maximum Gasteiger partial charge on any atom is 2.00 e. The molecule has 1 aromatic carbocycles. The van der Waals surface area contributed by atoms with Gasteiger partial charge in [0.15, 0.2) is 5.76 Å². The number of nitrogens with one attached hydrogen (secondary N) is 1. The Morgan fingerprint density at radius 2 is 1.55 bits per heavy atom. The Balaban J connectivity index is 0.000000437. The molecular weight excluding hydrogens is 410 g/mol. The van der Waals surface area contributed by atoms with Crippen LogP contribution in [0.4, 0.5) is 17.3 Å². The van der Waals surface area contributed by atoms with Crippen molar-refractivity contribution in [3.05, 3.63) is 116 Å². The zero-order chi connectivity index (χ0) is 19.6. The first-order valence-electron chi connectivity index (χ1n) is 8.70. The molecule has 10 radical (unpaired) electrons. The molecule has 0 saturated heterocycles. The Kier molecular flexibility index (Phi) is 9.95. The molecule has 29 heavy (non-hydrogen) atoms. The summed E-state index contributed by atoms with van der Waals surface area (Å²) in [5, 5.41) is 13.9. The van der Waals surface area contributed by atoms with E-state index in [2.05, 4.69) is 23.2 Å². The molecule has 2 fully saturated rings. The van der Waals surface area contributed by atoms with E-state index in [1.807, 2.05) is 69.2 Å². The van der Waals surface area contributed by atoms with Crippen LogP contribution in [-0.4, -0.2) is 17.7 Å². The predicted octanol–water partition coefficient (Wildman–Crippen LogP) is 4.77. The van der Waals surface area contributed by atoms with Crippen LogP contribution in [0.3, 0.4) is 0 Å². The van der Waals surface area contributed by atoms with E-state index in [0.29, 0.717) is 5.76 Å². The maximum absolute atomic E-state index is 10.5. The number of anilines is 1. The van der Waals surface area contributed by atoms with Crippen molar-refractivity contribution in [2.75, 3.05) is 11.9 Å². The molecule has 2 aliphatic rings. The summed E-state index contributed by atoms with van der Waals surface area (Å²) in [7, 11) is 0. The largest absolute Gasteiger partial charge is 2.00 e. The van der Waals surface area contributed by atoms with Crippen LogP contribution < -0.4 is 5.32 Å². The third kappa shape index (κ3) is 8.03. The van der Waals surface area contributed by atoms with Crippen LogP contribution in [0.2, 0.25) is 0 Å². The van der Waals surface area contributed by atoms with E-state index >= 15 is 0 Å². The van der Waals surface area contributed by atoms with Crippen molar-refractivity contribution >= 4 is 23.5 Å². The molecule has 7 heteroatoms. The summed E-state index contributed by atoms with van der Waals surface area (Å²) >= 11 is 0. The molecule has 1 aromatic heterocycles. The second kappa shape index (κ2) is 12.5. The van der Waals surface area contributed by atoms with Gasteiger partial charge >= 0.3 is 23.0 Å². The molecule has 1 N–H and O–H groups in total. The van der Waals surface area contributed by atoms with Crippen molar-refractivity contribution in [1.82, 2.24) is 0 Å². The molecule has 6 nitrogen and oxygen atoms in total. The third-order valence-electron chi connectivity index (χ3n) is 3.78. The van der Waals surface area contributed by atoms with Crippen LogP contribution in [0.5, 0.6) is 0 Å². The van der Waals surface area contributed by atoms with Crippen LogP contribution in [0.25, 0.3) is 0 Å². The SMILES string of the molecule is O=[N+]([O-])c1ccc(C=Nc2ccc(NC[C]3[CH][CH][CH][CH]3)cc2)o1.[CH]1[CH][CH][CH][CH]1.[Fe+2]. The Labute approximate surface area is 182 Å². The van der Waals surface area contributed by atoms with Gasteiger partial charge in [0.2, 0.25) is 0 Å². The van der Waals surface area contributed by atoms with E-state index in [1.54, 1.807) is 0 Å². The second-order valence-electron chi connectivity index (χ2n) is 5.85. The zero-order valence-corrected chi connectivity index (χ0v) is 16.5. The van der Waals surface area contributed by atoms with Crippen molar-refractivity contribution in [3.63, 3.8) is 0 Å². The van der Waals surface area contributed by atoms with E-state index in [4.69, 9.17) is 4.42 Å². The Morgan fingerprint density at radius 1 is 0.931 bits per heavy atom. The Bertz CT molecular complexity index is 756. The molecule has 0 atom stereocenters. The fourth-order valence-electron chi connectivity index (χ4n) is 2.37. The van der Waals surface area contributed by atoms with Gasteiger partial charge in [0.1, 0.15) is 4.92 Å². The number of benzene rings is 1. The van der Waals surface area contributed by atoms with Crippen LogP contribution >= 0.6 is 0 Å². The van der Waals surface area contributed by atoms with E-state index in [0.717, 1.165) is 17.9 Å². The molecule has 2 aliphatic carbocycles. The summed E-state index contributed by atoms with van der Waals surface area (Å²) in [6.45, 7) is 0.770. The predicted molar refractivity (Wildman–Crippen MR) is 109 cm³/mol. The summed E-state index contributed by atoms with van der Waals surface area (Å²) in [6.07, 6.45) is 19.6. The van der Waals surface area contributed by atoms with Gasteiger partial charge in [0, 0.05) is 18.2 Å². The van der Waals surface area contributed by atoms with Gasteiger partial charge in [0.05, 0.1) is 18.0 Å². The van der Waals surface area contributed by atoms with Crippen molar-refractivity contribution in [3.8, 4) is 0 Å². The summed E-state index contributed by atoms with van der Waals surface area (Å²) < 4.78 is 5.01. The minimum Gasteiger partial charge on any atom is -0.400 e. The van der Waals surface area contributed by atoms with Crippen molar-refractivity contribution < 1.29 is 26.4 Å². The van der Waals surface area contributed by atoms with Crippen molar-refractivity contribution in [2.45, 2.75) is 0 Å². The smallest absolute Gasteiger partial charge is 0.400 e. The zero-order valence-electron chi connectivity index (χ0n) is 15.4. The molecule has 4 rings (SSSR count). The number of furan rings is 1. The first-order chi connectivity index (χ1) is 13.7. The van der Waals surface area contributed by atoms with Gasteiger partial charge in [-0.2, -0.15) is 0 Å². The number of hydrogen-bond donors (Lipinski definition) is 1. The first-order valence-corrected chi connectivity index (χ1v) is 8.70.